The molecule has 1 aliphatic heterocycles. The van der Waals surface area contributed by atoms with Crippen LogP contribution in [0.2, 0.25) is 0 Å². The van der Waals surface area contributed by atoms with E-state index in [1.165, 1.54) is 7.11 Å². The van der Waals surface area contributed by atoms with Gasteiger partial charge in [0.25, 0.3) is 0 Å². The fourth-order valence-corrected chi connectivity index (χ4v) is 1.29. The van der Waals surface area contributed by atoms with E-state index < -0.39 is 37.3 Å². The van der Waals surface area contributed by atoms with Gasteiger partial charge >= 0.3 is 0 Å². The van der Waals surface area contributed by atoms with Crippen molar-refractivity contribution in [3.05, 3.63) is 0 Å². The Morgan fingerprint density at radius 1 is 1.38 bits per heavy atom. The average Bonchev–Trinajstić information content (AvgIpc) is 2.43. The van der Waals surface area contributed by atoms with Gasteiger partial charge in [0.15, 0.2) is 6.29 Å². The maximum absolute atomic E-state index is 9.33. The topological polar surface area (TPSA) is 99.4 Å². The molecule has 0 radical (unpaired) electrons. The molecule has 1 rings (SSSR count). The van der Waals surface area contributed by atoms with Gasteiger partial charge in [0.1, 0.15) is 24.4 Å². The van der Waals surface area contributed by atoms with Gasteiger partial charge < -0.3 is 29.9 Å². The summed E-state index contributed by atoms with van der Waals surface area (Å²) in [5.41, 5.74) is 0. The Balaban J connectivity index is 2.60. The predicted molar refractivity (Wildman–Crippen MR) is 40.8 cm³/mol. The molecule has 0 aromatic heterocycles. The normalized spacial score (nSPS) is 42.2. The molecule has 4 N–H and O–H groups in total. The van der Waals surface area contributed by atoms with Gasteiger partial charge in [-0.2, -0.15) is 0 Å². The van der Waals surface area contributed by atoms with Crippen LogP contribution in [0, 0.1) is 0 Å². The standard InChI is InChI=1S/C7H14O6/c1-12-7-5(11)4(10)6(13-7)3(9)2-8/h3-11H,2H2,1H3/t3-,4-,5+,6-,7-/m1/s1. The Bertz CT molecular complexity index is 163. The molecule has 1 fully saturated rings. The lowest BCUT2D eigenvalue weighted by Crippen LogP contribution is -2.40. The van der Waals surface area contributed by atoms with E-state index in [1.807, 2.05) is 0 Å². The zero-order valence-electron chi connectivity index (χ0n) is 7.20. The summed E-state index contributed by atoms with van der Waals surface area (Å²) in [5, 5.41) is 36.4. The molecule has 0 aromatic carbocycles. The summed E-state index contributed by atoms with van der Waals surface area (Å²) in [7, 11) is 1.31. The minimum atomic E-state index is -1.24. The second-order valence-corrected chi connectivity index (χ2v) is 2.94. The summed E-state index contributed by atoms with van der Waals surface area (Å²) in [5.74, 6) is 0. The van der Waals surface area contributed by atoms with Crippen LogP contribution in [0.4, 0.5) is 0 Å². The molecule has 0 spiro atoms. The van der Waals surface area contributed by atoms with E-state index in [0.29, 0.717) is 0 Å². The molecular weight excluding hydrogens is 180 g/mol. The molecule has 5 atom stereocenters. The number of methoxy groups -OCH3 is 1. The number of hydrogen-bond acceptors (Lipinski definition) is 6. The van der Waals surface area contributed by atoms with Gasteiger partial charge in [0, 0.05) is 7.11 Å². The second kappa shape index (κ2) is 4.32. The van der Waals surface area contributed by atoms with Crippen molar-refractivity contribution in [2.75, 3.05) is 13.7 Å². The van der Waals surface area contributed by atoms with Gasteiger partial charge in [-0.05, 0) is 0 Å². The van der Waals surface area contributed by atoms with Crippen molar-refractivity contribution < 1.29 is 29.9 Å². The van der Waals surface area contributed by atoms with Gasteiger partial charge in [-0.1, -0.05) is 0 Å². The molecule has 0 aliphatic carbocycles. The summed E-state index contributed by atoms with van der Waals surface area (Å²) in [6, 6.07) is 0. The Kier molecular flexibility index (Phi) is 3.60. The molecule has 0 bridgehead atoms. The maximum Gasteiger partial charge on any atom is 0.186 e. The Morgan fingerprint density at radius 3 is 2.38 bits per heavy atom. The predicted octanol–water partition coefficient (Wildman–Crippen LogP) is -2.57. The molecule has 13 heavy (non-hydrogen) atoms. The Labute approximate surface area is 75.3 Å². The highest BCUT2D eigenvalue weighted by molar-refractivity contribution is 4.90. The molecule has 0 unspecified atom stereocenters. The zero-order valence-corrected chi connectivity index (χ0v) is 7.20. The number of hydrogen-bond donors (Lipinski definition) is 4. The highest BCUT2D eigenvalue weighted by Gasteiger charge is 2.45. The fraction of sp³-hybridized carbons (Fsp3) is 1.00. The lowest BCUT2D eigenvalue weighted by Gasteiger charge is -2.18. The first-order valence-corrected chi connectivity index (χ1v) is 3.95. The van der Waals surface area contributed by atoms with Crippen molar-refractivity contribution in [2.24, 2.45) is 0 Å². The minimum Gasteiger partial charge on any atom is -0.394 e. The van der Waals surface area contributed by atoms with Gasteiger partial charge in [-0.3, -0.25) is 0 Å². The van der Waals surface area contributed by atoms with E-state index in [9.17, 15) is 10.2 Å². The summed E-state index contributed by atoms with van der Waals surface area (Å²) in [6.07, 6.45) is -5.63. The van der Waals surface area contributed by atoms with Crippen LogP contribution in [0.25, 0.3) is 0 Å². The number of ether oxygens (including phenoxy) is 2. The van der Waals surface area contributed by atoms with E-state index in [1.54, 1.807) is 0 Å². The van der Waals surface area contributed by atoms with Crippen LogP contribution in [-0.4, -0.2) is 64.8 Å². The van der Waals surface area contributed by atoms with Crippen LogP contribution in [-0.2, 0) is 9.47 Å². The van der Waals surface area contributed by atoms with Crippen molar-refractivity contribution in [3.8, 4) is 0 Å². The molecule has 1 saturated heterocycles. The third kappa shape index (κ3) is 1.98. The van der Waals surface area contributed by atoms with Crippen LogP contribution >= 0.6 is 0 Å². The quantitative estimate of drug-likeness (QED) is 0.394. The van der Waals surface area contributed by atoms with Crippen LogP contribution < -0.4 is 0 Å². The van der Waals surface area contributed by atoms with E-state index in [0.717, 1.165) is 0 Å². The van der Waals surface area contributed by atoms with E-state index in [4.69, 9.17) is 19.7 Å². The summed E-state index contributed by atoms with van der Waals surface area (Å²) >= 11 is 0. The summed E-state index contributed by atoms with van der Waals surface area (Å²) in [6.45, 7) is -0.537. The Morgan fingerprint density at radius 2 is 2.00 bits per heavy atom. The van der Waals surface area contributed by atoms with E-state index in [-0.39, 0.29) is 0 Å². The van der Waals surface area contributed by atoms with Crippen molar-refractivity contribution in [2.45, 2.75) is 30.7 Å². The Hall–Kier alpha value is -0.240. The molecule has 6 nitrogen and oxygen atoms in total. The smallest absolute Gasteiger partial charge is 0.186 e. The third-order valence-electron chi connectivity index (χ3n) is 2.06. The maximum atomic E-state index is 9.33. The van der Waals surface area contributed by atoms with Crippen molar-refractivity contribution >= 4 is 0 Å². The summed E-state index contributed by atoms with van der Waals surface area (Å²) < 4.78 is 9.65. The number of aliphatic hydroxyl groups is 4. The molecule has 78 valence electrons. The largest absolute Gasteiger partial charge is 0.394 e. The van der Waals surface area contributed by atoms with Crippen LogP contribution in [0.15, 0.2) is 0 Å². The highest BCUT2D eigenvalue weighted by Crippen LogP contribution is 2.23. The van der Waals surface area contributed by atoms with Crippen LogP contribution in [0.3, 0.4) is 0 Å². The first-order chi connectivity index (χ1) is 6.11. The molecule has 1 heterocycles. The van der Waals surface area contributed by atoms with Crippen molar-refractivity contribution in [3.63, 3.8) is 0 Å². The second-order valence-electron chi connectivity index (χ2n) is 2.94. The average molecular weight is 194 g/mol. The van der Waals surface area contributed by atoms with Gasteiger partial charge in [-0.15, -0.1) is 0 Å². The fourth-order valence-electron chi connectivity index (χ4n) is 1.29. The lowest BCUT2D eigenvalue weighted by molar-refractivity contribution is -0.166. The third-order valence-corrected chi connectivity index (χ3v) is 2.06. The van der Waals surface area contributed by atoms with Gasteiger partial charge in [0.05, 0.1) is 6.61 Å². The lowest BCUT2D eigenvalue weighted by atomic mass is 10.1. The molecule has 6 heteroatoms. The summed E-state index contributed by atoms with van der Waals surface area (Å²) in [4.78, 5) is 0. The van der Waals surface area contributed by atoms with Gasteiger partial charge in [-0.25, -0.2) is 0 Å². The first kappa shape index (κ1) is 10.8. The molecule has 0 aromatic rings. The number of aliphatic hydroxyl groups excluding tert-OH is 4. The van der Waals surface area contributed by atoms with Crippen LogP contribution in [0.1, 0.15) is 0 Å². The molecule has 0 amide bonds. The monoisotopic (exact) mass is 194 g/mol. The zero-order chi connectivity index (χ0) is 10.0. The highest BCUT2D eigenvalue weighted by atomic mass is 16.7. The van der Waals surface area contributed by atoms with Crippen LogP contribution in [0.5, 0.6) is 0 Å². The molecule has 0 saturated carbocycles. The minimum absolute atomic E-state index is 0.537. The van der Waals surface area contributed by atoms with E-state index in [2.05, 4.69) is 0 Å². The number of rotatable bonds is 3. The molecule has 1 aliphatic rings. The van der Waals surface area contributed by atoms with Crippen molar-refractivity contribution in [1.29, 1.82) is 0 Å². The van der Waals surface area contributed by atoms with Crippen molar-refractivity contribution in [1.82, 2.24) is 0 Å². The van der Waals surface area contributed by atoms with E-state index >= 15 is 0 Å². The van der Waals surface area contributed by atoms with Gasteiger partial charge in [0.2, 0.25) is 0 Å². The molecular formula is C7H14O6. The first-order valence-electron chi connectivity index (χ1n) is 3.95. The SMILES string of the molecule is CO[C@@H]1O[C@H]([C@H](O)CO)[C@H](O)[C@@H]1O.